The second-order valence-electron chi connectivity index (χ2n) is 18.1. The maximum absolute atomic E-state index is 7.18. The Morgan fingerprint density at radius 2 is 0.934 bits per heavy atom. The summed E-state index contributed by atoms with van der Waals surface area (Å²) in [5, 5.41) is 6.71. The number of hydrogen-bond acceptors (Lipinski definition) is 3. The molecule has 9 aromatic carbocycles. The predicted molar refractivity (Wildman–Crippen MR) is 254 cm³/mol. The first-order chi connectivity index (χ1) is 29.7. The molecule has 0 saturated carbocycles. The van der Waals surface area contributed by atoms with E-state index < -0.39 is 0 Å². The molecule has 0 atom stereocenters. The van der Waals surface area contributed by atoms with Crippen LogP contribution in [0.5, 0.6) is 0 Å². The van der Waals surface area contributed by atoms with Gasteiger partial charge in [0.25, 0.3) is 0 Å². The summed E-state index contributed by atoms with van der Waals surface area (Å²) in [5.41, 5.74) is 19.1. The molecule has 3 heteroatoms. The molecule has 61 heavy (non-hydrogen) atoms. The molecule has 2 aromatic heterocycles. The summed E-state index contributed by atoms with van der Waals surface area (Å²) in [6, 6.07) is 64.5. The summed E-state index contributed by atoms with van der Waals surface area (Å²) in [7, 11) is 0. The fourth-order valence-corrected chi connectivity index (χ4v) is 11.0. The van der Waals surface area contributed by atoms with Gasteiger partial charge in [0.15, 0.2) is 5.58 Å². The zero-order valence-corrected chi connectivity index (χ0v) is 34.5. The average Bonchev–Trinajstić information content (AvgIpc) is 3.99. The highest BCUT2D eigenvalue weighted by Crippen LogP contribution is 2.55. The zero-order valence-electron chi connectivity index (χ0n) is 34.5. The van der Waals surface area contributed by atoms with E-state index in [0.29, 0.717) is 0 Å². The van der Waals surface area contributed by atoms with Crippen LogP contribution in [0.1, 0.15) is 49.9 Å². The second kappa shape index (κ2) is 12.1. The molecular weight excluding hydrogens is 743 g/mol. The lowest BCUT2D eigenvalue weighted by Gasteiger charge is -2.30. The highest BCUT2D eigenvalue weighted by atomic mass is 16.3. The molecule has 290 valence electrons. The van der Waals surface area contributed by atoms with Gasteiger partial charge in [0.2, 0.25) is 0 Å². The Bertz CT molecular complexity index is 3560. The van der Waals surface area contributed by atoms with E-state index in [1.165, 1.54) is 55.3 Å². The standard InChI is InChI=1S/C58H41NO2/c1-57(2)46-18-10-7-15-40(46)42-25-23-38(32-48(42)57)59(39-24-26-43-41-16-8-11-19-47(41)58(3,4)49(43)33-39)50-31-37(36-22-21-34-13-5-6-14-35(34)29-36)30-45-55-53(61-56(45)50)28-27-52-54(55)44-17-9-12-20-51(44)60-52/h5-33H,1-4H3. The number of para-hydroxylation sites is 1. The van der Waals surface area contributed by atoms with Crippen molar-refractivity contribution in [1.82, 2.24) is 0 Å². The Morgan fingerprint density at radius 3 is 1.62 bits per heavy atom. The fraction of sp³-hybridized carbons (Fsp3) is 0.103. The summed E-state index contributed by atoms with van der Waals surface area (Å²) >= 11 is 0. The van der Waals surface area contributed by atoms with E-state index in [0.717, 1.165) is 72.1 Å². The molecule has 0 fully saturated rings. The number of fused-ring (bicyclic) bond motifs is 14. The maximum Gasteiger partial charge on any atom is 0.159 e. The summed E-state index contributed by atoms with van der Waals surface area (Å²) in [6.45, 7) is 9.44. The number of anilines is 3. The smallest absolute Gasteiger partial charge is 0.159 e. The first-order valence-electron chi connectivity index (χ1n) is 21.3. The summed E-state index contributed by atoms with van der Waals surface area (Å²) in [4.78, 5) is 2.46. The van der Waals surface area contributed by atoms with Gasteiger partial charge in [0.05, 0.1) is 5.69 Å². The van der Waals surface area contributed by atoms with Gasteiger partial charge in [-0.15, -0.1) is 0 Å². The quantitative estimate of drug-likeness (QED) is 0.178. The van der Waals surface area contributed by atoms with Crippen LogP contribution >= 0.6 is 0 Å². The minimum Gasteiger partial charge on any atom is -0.456 e. The highest BCUT2D eigenvalue weighted by molar-refractivity contribution is 6.27. The van der Waals surface area contributed by atoms with E-state index in [1.807, 2.05) is 6.07 Å². The van der Waals surface area contributed by atoms with Crippen LogP contribution in [0.4, 0.5) is 17.1 Å². The molecule has 2 aliphatic carbocycles. The van der Waals surface area contributed by atoms with Crippen LogP contribution in [-0.2, 0) is 10.8 Å². The van der Waals surface area contributed by atoms with E-state index in [9.17, 15) is 0 Å². The predicted octanol–water partition coefficient (Wildman–Crippen LogP) is 16.4. The lowest BCUT2D eigenvalue weighted by atomic mass is 9.82. The molecule has 0 bridgehead atoms. The van der Waals surface area contributed by atoms with Crippen molar-refractivity contribution in [3.05, 3.63) is 198 Å². The van der Waals surface area contributed by atoms with Gasteiger partial charge in [0, 0.05) is 43.7 Å². The van der Waals surface area contributed by atoms with Crippen molar-refractivity contribution in [2.24, 2.45) is 0 Å². The normalized spacial score (nSPS) is 14.5. The molecule has 11 aromatic rings. The number of rotatable bonds is 4. The van der Waals surface area contributed by atoms with Gasteiger partial charge >= 0.3 is 0 Å². The number of furan rings is 2. The van der Waals surface area contributed by atoms with E-state index in [-0.39, 0.29) is 10.8 Å². The lowest BCUT2D eigenvalue weighted by molar-refractivity contribution is 0.659. The Kier molecular flexibility index (Phi) is 6.85. The largest absolute Gasteiger partial charge is 0.456 e. The van der Waals surface area contributed by atoms with Crippen LogP contribution in [0.3, 0.4) is 0 Å². The lowest BCUT2D eigenvalue weighted by Crippen LogP contribution is -2.18. The molecule has 2 aliphatic rings. The van der Waals surface area contributed by atoms with Gasteiger partial charge in [-0.25, -0.2) is 0 Å². The monoisotopic (exact) mass is 783 g/mol. The Labute approximate surface area is 354 Å². The van der Waals surface area contributed by atoms with Crippen LogP contribution in [0.15, 0.2) is 185 Å². The van der Waals surface area contributed by atoms with E-state index in [2.05, 4.69) is 202 Å². The summed E-state index contributed by atoms with van der Waals surface area (Å²) in [5.74, 6) is 0. The van der Waals surface area contributed by atoms with Gasteiger partial charge < -0.3 is 13.7 Å². The molecule has 2 heterocycles. The van der Waals surface area contributed by atoms with E-state index in [4.69, 9.17) is 8.83 Å². The van der Waals surface area contributed by atoms with E-state index in [1.54, 1.807) is 0 Å². The third-order valence-corrected chi connectivity index (χ3v) is 14.0. The van der Waals surface area contributed by atoms with Crippen molar-refractivity contribution >= 4 is 71.7 Å². The van der Waals surface area contributed by atoms with Gasteiger partial charge in [-0.1, -0.05) is 143 Å². The van der Waals surface area contributed by atoms with E-state index >= 15 is 0 Å². The molecule has 3 nitrogen and oxygen atoms in total. The third-order valence-electron chi connectivity index (χ3n) is 14.0. The molecule has 0 radical (unpaired) electrons. The molecule has 0 spiro atoms. The maximum atomic E-state index is 7.18. The molecule has 0 unspecified atom stereocenters. The molecular formula is C58H41NO2. The summed E-state index contributed by atoms with van der Waals surface area (Å²) < 4.78 is 13.7. The van der Waals surface area contributed by atoms with Crippen LogP contribution in [0.2, 0.25) is 0 Å². The third kappa shape index (κ3) is 4.75. The van der Waals surface area contributed by atoms with Gasteiger partial charge in [-0.2, -0.15) is 0 Å². The van der Waals surface area contributed by atoms with Crippen LogP contribution < -0.4 is 4.90 Å². The fourth-order valence-electron chi connectivity index (χ4n) is 11.0. The Balaban J connectivity index is 1.14. The van der Waals surface area contributed by atoms with Crippen molar-refractivity contribution in [2.45, 2.75) is 38.5 Å². The van der Waals surface area contributed by atoms with Crippen molar-refractivity contribution < 1.29 is 8.83 Å². The topological polar surface area (TPSA) is 29.5 Å². The average molecular weight is 784 g/mol. The zero-order chi connectivity index (χ0) is 40.8. The first-order valence-corrected chi connectivity index (χ1v) is 21.3. The summed E-state index contributed by atoms with van der Waals surface area (Å²) in [6.07, 6.45) is 0. The number of nitrogens with zero attached hydrogens (tertiary/aromatic N) is 1. The minimum atomic E-state index is -0.176. The first kappa shape index (κ1) is 34.5. The van der Waals surface area contributed by atoms with Crippen LogP contribution in [-0.4, -0.2) is 0 Å². The number of hydrogen-bond donors (Lipinski definition) is 0. The second-order valence-corrected chi connectivity index (χ2v) is 18.1. The molecule has 0 N–H and O–H groups in total. The molecule has 0 saturated heterocycles. The van der Waals surface area contributed by atoms with Crippen molar-refractivity contribution in [3.63, 3.8) is 0 Å². The molecule has 0 amide bonds. The molecule has 0 aliphatic heterocycles. The van der Waals surface area contributed by atoms with Gasteiger partial charge in [-0.3, -0.25) is 0 Å². The van der Waals surface area contributed by atoms with Crippen LogP contribution in [0, 0.1) is 0 Å². The Morgan fingerprint density at radius 1 is 0.377 bits per heavy atom. The minimum absolute atomic E-state index is 0.176. The van der Waals surface area contributed by atoms with Crippen molar-refractivity contribution in [3.8, 4) is 33.4 Å². The van der Waals surface area contributed by atoms with Crippen LogP contribution in [0.25, 0.3) is 88.0 Å². The van der Waals surface area contributed by atoms with Gasteiger partial charge in [0.1, 0.15) is 16.7 Å². The van der Waals surface area contributed by atoms with Crippen molar-refractivity contribution in [1.29, 1.82) is 0 Å². The highest BCUT2D eigenvalue weighted by Gasteiger charge is 2.38. The Hall–Kier alpha value is -7.36. The SMILES string of the molecule is CC1(C)c2ccccc2-c2ccc(N(c3ccc4c(c3)C(C)(C)c3ccccc3-4)c3cc(-c4ccc5ccccc5c4)cc4c3oc3ccc5oc6ccccc6c5c34)cc21. The van der Waals surface area contributed by atoms with Gasteiger partial charge in [-0.05, 0) is 127 Å². The van der Waals surface area contributed by atoms with Crippen molar-refractivity contribution in [2.75, 3.05) is 4.90 Å². The molecule has 13 rings (SSSR count). The number of benzene rings is 9.